The summed E-state index contributed by atoms with van der Waals surface area (Å²) in [5, 5.41) is 0. The van der Waals surface area contributed by atoms with Crippen molar-refractivity contribution in [3.63, 3.8) is 0 Å². The van der Waals surface area contributed by atoms with E-state index in [2.05, 4.69) is 50.5 Å². The average molecular weight is 192 g/mol. The lowest BCUT2D eigenvalue weighted by molar-refractivity contribution is 0.421. The van der Waals surface area contributed by atoms with Crippen LogP contribution in [0.2, 0.25) is 0 Å². The Hall–Kier alpha value is -0.860. The van der Waals surface area contributed by atoms with Gasteiger partial charge in [-0.3, -0.25) is 11.3 Å². The molecule has 1 aromatic rings. The van der Waals surface area contributed by atoms with Crippen molar-refractivity contribution in [3.05, 3.63) is 35.4 Å². The quantitative estimate of drug-likeness (QED) is 0.568. The van der Waals surface area contributed by atoms with Crippen LogP contribution < -0.4 is 11.3 Å². The third-order valence-corrected chi connectivity index (χ3v) is 2.56. The molecule has 0 amide bonds. The summed E-state index contributed by atoms with van der Waals surface area (Å²) >= 11 is 0. The summed E-state index contributed by atoms with van der Waals surface area (Å²) < 4.78 is 0. The molecule has 0 radical (unpaired) electrons. The highest BCUT2D eigenvalue weighted by Crippen LogP contribution is 2.21. The van der Waals surface area contributed by atoms with Gasteiger partial charge >= 0.3 is 0 Å². The predicted molar refractivity (Wildman–Crippen MR) is 60.7 cm³/mol. The van der Waals surface area contributed by atoms with Crippen molar-refractivity contribution < 1.29 is 0 Å². The highest BCUT2D eigenvalue weighted by molar-refractivity contribution is 5.26. The molecule has 2 nitrogen and oxygen atoms in total. The second kappa shape index (κ2) is 5.13. The van der Waals surface area contributed by atoms with Crippen LogP contribution >= 0.6 is 0 Å². The summed E-state index contributed by atoms with van der Waals surface area (Å²) in [6, 6.07) is 8.86. The first-order valence-corrected chi connectivity index (χ1v) is 5.24. The van der Waals surface area contributed by atoms with Gasteiger partial charge < -0.3 is 0 Å². The number of hydrogen-bond acceptors (Lipinski definition) is 2. The summed E-state index contributed by atoms with van der Waals surface area (Å²) in [5.74, 6) is 6.05. The molecule has 0 heterocycles. The average Bonchev–Trinajstić information content (AvgIpc) is 2.19. The van der Waals surface area contributed by atoms with Crippen LogP contribution in [0.5, 0.6) is 0 Å². The van der Waals surface area contributed by atoms with Gasteiger partial charge in [0.1, 0.15) is 0 Å². The van der Waals surface area contributed by atoms with Crippen molar-refractivity contribution >= 4 is 0 Å². The van der Waals surface area contributed by atoms with Crippen LogP contribution in [0, 0.1) is 5.92 Å². The second-order valence-electron chi connectivity index (χ2n) is 3.99. The lowest BCUT2D eigenvalue weighted by atomic mass is 9.95. The highest BCUT2D eigenvalue weighted by atomic mass is 15.2. The van der Waals surface area contributed by atoms with Gasteiger partial charge in [-0.15, -0.1) is 0 Å². The van der Waals surface area contributed by atoms with Gasteiger partial charge in [0.2, 0.25) is 0 Å². The summed E-state index contributed by atoms with van der Waals surface area (Å²) in [6.07, 6.45) is 1.07. The van der Waals surface area contributed by atoms with Crippen LogP contribution in [-0.2, 0) is 6.42 Å². The first kappa shape index (κ1) is 11.2. The fourth-order valence-corrected chi connectivity index (χ4v) is 1.68. The van der Waals surface area contributed by atoms with Crippen LogP contribution in [0.4, 0.5) is 0 Å². The third kappa shape index (κ3) is 2.56. The number of benzene rings is 1. The van der Waals surface area contributed by atoms with Crippen molar-refractivity contribution in [3.8, 4) is 0 Å². The summed E-state index contributed by atoms with van der Waals surface area (Å²) in [7, 11) is 0. The first-order chi connectivity index (χ1) is 6.69. The molecular formula is C12H20N2. The Morgan fingerprint density at radius 3 is 2.57 bits per heavy atom. The monoisotopic (exact) mass is 192 g/mol. The van der Waals surface area contributed by atoms with E-state index in [1.807, 2.05) is 0 Å². The Morgan fingerprint density at radius 1 is 1.36 bits per heavy atom. The lowest BCUT2D eigenvalue weighted by Gasteiger charge is -2.20. The van der Waals surface area contributed by atoms with Gasteiger partial charge in [-0.1, -0.05) is 45.0 Å². The smallest absolute Gasteiger partial charge is 0.0482 e. The van der Waals surface area contributed by atoms with Gasteiger partial charge in [0, 0.05) is 6.04 Å². The van der Waals surface area contributed by atoms with Crippen molar-refractivity contribution in [1.82, 2.24) is 5.43 Å². The van der Waals surface area contributed by atoms with E-state index in [0.29, 0.717) is 5.92 Å². The largest absolute Gasteiger partial charge is 0.271 e. The van der Waals surface area contributed by atoms with Gasteiger partial charge in [0.25, 0.3) is 0 Å². The van der Waals surface area contributed by atoms with Crippen LogP contribution in [-0.4, -0.2) is 0 Å². The lowest BCUT2D eigenvalue weighted by Crippen LogP contribution is -2.31. The molecule has 0 aliphatic heterocycles. The number of aryl methyl sites for hydroxylation is 1. The molecule has 0 aromatic heterocycles. The number of nitrogens with two attached hydrogens (primary N) is 1. The van der Waals surface area contributed by atoms with E-state index >= 15 is 0 Å². The molecule has 0 saturated carbocycles. The van der Waals surface area contributed by atoms with E-state index in [0.717, 1.165) is 6.42 Å². The van der Waals surface area contributed by atoms with E-state index in [1.54, 1.807) is 0 Å². The van der Waals surface area contributed by atoms with E-state index in [4.69, 9.17) is 5.84 Å². The molecule has 14 heavy (non-hydrogen) atoms. The van der Waals surface area contributed by atoms with Gasteiger partial charge in [-0.2, -0.15) is 0 Å². The van der Waals surface area contributed by atoms with Gasteiger partial charge in [0.15, 0.2) is 0 Å². The standard InChI is InChI=1S/C12H20N2/c1-4-10-6-5-7-11(8-10)12(14-13)9(2)3/h5-9,12,14H,4,13H2,1-3H3. The van der Waals surface area contributed by atoms with E-state index in [9.17, 15) is 0 Å². The fraction of sp³-hybridized carbons (Fsp3) is 0.500. The normalized spacial score (nSPS) is 13.2. The molecule has 0 aliphatic carbocycles. The summed E-state index contributed by atoms with van der Waals surface area (Å²) in [6.45, 7) is 6.51. The first-order valence-electron chi connectivity index (χ1n) is 5.24. The maximum atomic E-state index is 5.55. The molecule has 1 aromatic carbocycles. The zero-order valence-corrected chi connectivity index (χ0v) is 9.25. The van der Waals surface area contributed by atoms with Crippen molar-refractivity contribution in [2.24, 2.45) is 11.8 Å². The van der Waals surface area contributed by atoms with E-state index in [-0.39, 0.29) is 6.04 Å². The molecule has 1 atom stereocenters. The minimum Gasteiger partial charge on any atom is -0.271 e. The van der Waals surface area contributed by atoms with Crippen molar-refractivity contribution in [1.29, 1.82) is 0 Å². The fourth-order valence-electron chi connectivity index (χ4n) is 1.68. The topological polar surface area (TPSA) is 38.0 Å². The Kier molecular flexibility index (Phi) is 4.11. The second-order valence-corrected chi connectivity index (χ2v) is 3.99. The molecule has 1 unspecified atom stereocenters. The maximum Gasteiger partial charge on any atom is 0.0482 e. The number of nitrogens with one attached hydrogen (secondary N) is 1. The maximum absolute atomic E-state index is 5.55. The molecule has 0 bridgehead atoms. The molecular weight excluding hydrogens is 172 g/mol. The Labute approximate surface area is 86.5 Å². The minimum atomic E-state index is 0.251. The molecule has 2 heteroatoms. The summed E-state index contributed by atoms with van der Waals surface area (Å²) in [5.41, 5.74) is 5.51. The minimum absolute atomic E-state index is 0.251. The van der Waals surface area contributed by atoms with Crippen molar-refractivity contribution in [2.45, 2.75) is 33.2 Å². The number of hydrogen-bond donors (Lipinski definition) is 2. The Bertz CT molecular complexity index is 281. The predicted octanol–water partition coefficient (Wildman–Crippen LogP) is 2.41. The zero-order valence-electron chi connectivity index (χ0n) is 9.25. The zero-order chi connectivity index (χ0) is 10.6. The molecule has 78 valence electrons. The Morgan fingerprint density at radius 2 is 2.07 bits per heavy atom. The SMILES string of the molecule is CCc1cccc(C(NN)C(C)C)c1. The van der Waals surface area contributed by atoms with Gasteiger partial charge in [-0.25, -0.2) is 0 Å². The van der Waals surface area contributed by atoms with Crippen LogP contribution in [0.25, 0.3) is 0 Å². The van der Waals surface area contributed by atoms with Crippen LogP contribution in [0.3, 0.4) is 0 Å². The van der Waals surface area contributed by atoms with Gasteiger partial charge in [0.05, 0.1) is 0 Å². The third-order valence-electron chi connectivity index (χ3n) is 2.56. The van der Waals surface area contributed by atoms with Gasteiger partial charge in [-0.05, 0) is 23.5 Å². The molecule has 0 saturated heterocycles. The van der Waals surface area contributed by atoms with Crippen LogP contribution in [0.1, 0.15) is 37.9 Å². The Balaban J connectivity index is 2.92. The molecule has 0 fully saturated rings. The molecule has 0 aliphatic rings. The van der Waals surface area contributed by atoms with Crippen molar-refractivity contribution in [2.75, 3.05) is 0 Å². The number of hydrazine groups is 1. The van der Waals surface area contributed by atoms with E-state index in [1.165, 1.54) is 11.1 Å². The molecule has 0 spiro atoms. The molecule has 3 N–H and O–H groups in total. The number of rotatable bonds is 4. The highest BCUT2D eigenvalue weighted by Gasteiger charge is 2.13. The van der Waals surface area contributed by atoms with E-state index < -0.39 is 0 Å². The molecule has 1 rings (SSSR count). The van der Waals surface area contributed by atoms with Crippen LogP contribution in [0.15, 0.2) is 24.3 Å². The summed E-state index contributed by atoms with van der Waals surface area (Å²) in [4.78, 5) is 0.